The topological polar surface area (TPSA) is 54.5 Å². The molecule has 2 amide bonds. The number of carbonyl (C=O) groups is 1. The van der Waals surface area contributed by atoms with Crippen LogP contribution in [0.15, 0.2) is 18.2 Å². The van der Waals surface area contributed by atoms with Gasteiger partial charge in [-0.05, 0) is 12.5 Å². The monoisotopic (exact) mass is 235 g/mol. The molecule has 1 fully saturated rings. The average Bonchev–Trinajstić information content (AvgIpc) is 2.76. The molecule has 0 atom stereocenters. The van der Waals surface area contributed by atoms with Crippen LogP contribution < -0.4 is 15.0 Å². The van der Waals surface area contributed by atoms with Gasteiger partial charge in [-0.3, -0.25) is 4.90 Å². The lowest BCUT2D eigenvalue weighted by Crippen LogP contribution is -2.28. The first-order valence-electron chi connectivity index (χ1n) is 5.96. The molecule has 0 saturated carbocycles. The number of hydrogen-bond donors (Lipinski definition) is 1. The Kier molecular flexibility index (Phi) is 3.80. The predicted molar refractivity (Wildman–Crippen MR) is 65.4 cm³/mol. The fourth-order valence-corrected chi connectivity index (χ4v) is 1.65. The van der Waals surface area contributed by atoms with Crippen molar-refractivity contribution in [2.75, 3.05) is 24.6 Å². The predicted octanol–water partition coefficient (Wildman–Crippen LogP) is 1.79. The summed E-state index contributed by atoms with van der Waals surface area (Å²) in [7, 11) is 0. The summed E-state index contributed by atoms with van der Waals surface area (Å²) in [5.41, 5.74) is 0. The first kappa shape index (κ1) is 11.7. The Labute approximate surface area is 101 Å². The molecular weight excluding hydrogens is 218 g/mol. The Bertz CT molecular complexity index is 395. The number of ether oxygens (including phenoxy) is 1. The first-order valence-corrected chi connectivity index (χ1v) is 5.96. The molecular formula is C12H17N3O2. The summed E-state index contributed by atoms with van der Waals surface area (Å²) in [5.74, 6) is 1.23. The van der Waals surface area contributed by atoms with E-state index in [1.165, 1.54) is 0 Å². The quantitative estimate of drug-likeness (QED) is 0.792. The zero-order chi connectivity index (χ0) is 12.1. The minimum atomic E-state index is -0.0943. The van der Waals surface area contributed by atoms with Gasteiger partial charge in [0, 0.05) is 19.2 Å². The maximum Gasteiger partial charge on any atom is 0.323 e. The van der Waals surface area contributed by atoms with Crippen LogP contribution >= 0.6 is 0 Å². The van der Waals surface area contributed by atoms with Crippen molar-refractivity contribution in [2.45, 2.75) is 19.8 Å². The molecule has 17 heavy (non-hydrogen) atoms. The summed E-state index contributed by atoms with van der Waals surface area (Å²) in [6, 6.07) is 5.39. The van der Waals surface area contributed by atoms with Crippen molar-refractivity contribution in [1.29, 1.82) is 0 Å². The molecule has 1 aromatic heterocycles. The number of nitrogens with one attached hydrogen (secondary N) is 1. The van der Waals surface area contributed by atoms with Gasteiger partial charge in [0.15, 0.2) is 0 Å². The minimum Gasteiger partial charge on any atom is -0.478 e. The fraction of sp³-hybridized carbons (Fsp3) is 0.500. The molecule has 0 unspecified atom stereocenters. The van der Waals surface area contributed by atoms with Gasteiger partial charge < -0.3 is 10.1 Å². The van der Waals surface area contributed by atoms with Gasteiger partial charge in [0.2, 0.25) is 5.88 Å². The lowest BCUT2D eigenvalue weighted by atomic mass is 10.4. The van der Waals surface area contributed by atoms with Gasteiger partial charge in [-0.2, -0.15) is 4.98 Å². The highest BCUT2D eigenvalue weighted by Gasteiger charge is 2.22. The van der Waals surface area contributed by atoms with Crippen molar-refractivity contribution < 1.29 is 9.53 Å². The molecule has 5 heteroatoms. The van der Waals surface area contributed by atoms with Crippen LogP contribution in [0.5, 0.6) is 5.88 Å². The van der Waals surface area contributed by atoms with E-state index in [1.54, 1.807) is 4.90 Å². The van der Waals surface area contributed by atoms with Gasteiger partial charge in [0.25, 0.3) is 0 Å². The van der Waals surface area contributed by atoms with Crippen LogP contribution in [0, 0.1) is 0 Å². The van der Waals surface area contributed by atoms with Gasteiger partial charge in [-0.25, -0.2) is 4.79 Å². The maximum atomic E-state index is 11.5. The molecule has 0 aromatic carbocycles. The van der Waals surface area contributed by atoms with Crippen LogP contribution in [-0.2, 0) is 0 Å². The highest BCUT2D eigenvalue weighted by molar-refractivity contribution is 5.93. The number of nitrogens with zero attached hydrogens (tertiary/aromatic N) is 2. The van der Waals surface area contributed by atoms with E-state index in [4.69, 9.17) is 4.74 Å². The molecule has 1 aliphatic heterocycles. The Morgan fingerprint density at radius 1 is 1.53 bits per heavy atom. The Morgan fingerprint density at radius 3 is 3.12 bits per heavy atom. The second-order valence-corrected chi connectivity index (χ2v) is 3.92. The van der Waals surface area contributed by atoms with Crippen LogP contribution in [0.3, 0.4) is 0 Å². The molecule has 1 aliphatic rings. The van der Waals surface area contributed by atoms with Crippen molar-refractivity contribution in [1.82, 2.24) is 10.3 Å². The lowest BCUT2D eigenvalue weighted by Gasteiger charge is -2.13. The van der Waals surface area contributed by atoms with E-state index in [0.717, 1.165) is 12.8 Å². The van der Waals surface area contributed by atoms with Gasteiger partial charge >= 0.3 is 6.03 Å². The first-order chi connectivity index (χ1) is 8.31. The summed E-state index contributed by atoms with van der Waals surface area (Å²) >= 11 is 0. The molecule has 92 valence electrons. The summed E-state index contributed by atoms with van der Waals surface area (Å²) < 4.78 is 5.51. The second-order valence-electron chi connectivity index (χ2n) is 3.92. The summed E-state index contributed by atoms with van der Waals surface area (Å²) in [5, 5.41) is 2.75. The molecule has 1 aromatic rings. The maximum absolute atomic E-state index is 11.5. The van der Waals surface area contributed by atoms with E-state index >= 15 is 0 Å². The number of hydrogen-bond acceptors (Lipinski definition) is 3. The van der Waals surface area contributed by atoms with Crippen LogP contribution in [0.1, 0.15) is 19.8 Å². The van der Waals surface area contributed by atoms with Crippen molar-refractivity contribution >= 4 is 11.8 Å². The largest absolute Gasteiger partial charge is 0.478 e. The fourth-order valence-electron chi connectivity index (χ4n) is 1.65. The number of carbonyl (C=O) groups excluding carboxylic acids is 1. The van der Waals surface area contributed by atoms with Crippen LogP contribution in [0.4, 0.5) is 10.6 Å². The van der Waals surface area contributed by atoms with Crippen LogP contribution in [-0.4, -0.2) is 30.7 Å². The third kappa shape index (κ3) is 2.87. The Hall–Kier alpha value is -1.78. The summed E-state index contributed by atoms with van der Waals surface area (Å²) in [6.45, 7) is 4.10. The normalized spacial score (nSPS) is 14.9. The molecule has 5 nitrogen and oxygen atoms in total. The summed E-state index contributed by atoms with van der Waals surface area (Å²) in [6.07, 6.45) is 2.10. The molecule has 1 saturated heterocycles. The van der Waals surface area contributed by atoms with E-state index in [0.29, 0.717) is 31.4 Å². The second kappa shape index (κ2) is 5.52. The lowest BCUT2D eigenvalue weighted by molar-refractivity contribution is 0.252. The highest BCUT2D eigenvalue weighted by atomic mass is 16.5. The number of rotatable bonds is 5. The molecule has 0 spiro atoms. The van der Waals surface area contributed by atoms with Crippen molar-refractivity contribution in [3.63, 3.8) is 0 Å². The zero-order valence-electron chi connectivity index (χ0n) is 9.98. The van der Waals surface area contributed by atoms with Crippen LogP contribution in [0.25, 0.3) is 0 Å². The Balaban J connectivity index is 2.03. The Morgan fingerprint density at radius 2 is 2.41 bits per heavy atom. The average molecular weight is 235 g/mol. The number of aromatic nitrogens is 1. The summed E-state index contributed by atoms with van der Waals surface area (Å²) in [4.78, 5) is 17.4. The zero-order valence-corrected chi connectivity index (χ0v) is 9.98. The number of pyridine rings is 1. The number of amides is 2. The van der Waals surface area contributed by atoms with E-state index in [1.807, 2.05) is 18.2 Å². The van der Waals surface area contributed by atoms with E-state index in [2.05, 4.69) is 17.2 Å². The van der Waals surface area contributed by atoms with Crippen LogP contribution in [0.2, 0.25) is 0 Å². The molecule has 1 N–H and O–H groups in total. The molecule has 2 rings (SSSR count). The van der Waals surface area contributed by atoms with Gasteiger partial charge in [0.05, 0.1) is 6.61 Å². The van der Waals surface area contributed by atoms with E-state index < -0.39 is 0 Å². The third-order valence-corrected chi connectivity index (χ3v) is 2.59. The smallest absolute Gasteiger partial charge is 0.323 e. The minimum absolute atomic E-state index is 0.0943. The van der Waals surface area contributed by atoms with E-state index in [9.17, 15) is 4.79 Å². The van der Waals surface area contributed by atoms with Crippen molar-refractivity contribution in [2.24, 2.45) is 0 Å². The standard InChI is InChI=1S/C12H17N3O2/c1-2-3-9-17-11-6-4-5-10(14-11)15-8-7-13-12(15)16/h4-6H,2-3,7-9H2,1H3,(H,13,16). The molecule has 0 aliphatic carbocycles. The highest BCUT2D eigenvalue weighted by Crippen LogP contribution is 2.17. The number of unbranched alkanes of at least 4 members (excludes halogenated alkanes) is 1. The molecule has 2 heterocycles. The molecule has 0 radical (unpaired) electrons. The van der Waals surface area contributed by atoms with Gasteiger partial charge in [-0.15, -0.1) is 0 Å². The van der Waals surface area contributed by atoms with Crippen molar-refractivity contribution in [3.05, 3.63) is 18.2 Å². The number of anilines is 1. The van der Waals surface area contributed by atoms with Gasteiger partial charge in [0.1, 0.15) is 5.82 Å². The molecule has 0 bridgehead atoms. The van der Waals surface area contributed by atoms with E-state index in [-0.39, 0.29) is 6.03 Å². The van der Waals surface area contributed by atoms with Crippen molar-refractivity contribution in [3.8, 4) is 5.88 Å². The third-order valence-electron chi connectivity index (χ3n) is 2.59. The SMILES string of the molecule is CCCCOc1cccc(N2CCNC2=O)n1. The number of urea groups is 1. The van der Waals surface area contributed by atoms with Gasteiger partial charge in [-0.1, -0.05) is 19.4 Å².